The van der Waals surface area contributed by atoms with Crippen molar-refractivity contribution in [1.82, 2.24) is 13.7 Å². The predicted octanol–water partition coefficient (Wildman–Crippen LogP) is 12.4. The van der Waals surface area contributed by atoms with Crippen LogP contribution in [0, 0.1) is 22.7 Å². The van der Waals surface area contributed by atoms with Crippen LogP contribution >= 0.6 is 0 Å². The highest BCUT2D eigenvalue weighted by atomic mass is 15.0. The van der Waals surface area contributed by atoms with E-state index in [-0.39, 0.29) is 0 Å². The lowest BCUT2D eigenvalue weighted by atomic mass is 9.99. The number of para-hydroxylation sites is 4. The highest BCUT2D eigenvalue weighted by Gasteiger charge is 2.19. The van der Waals surface area contributed by atoms with Gasteiger partial charge in [-0.05, 0) is 90.0 Å². The van der Waals surface area contributed by atoms with Gasteiger partial charge in [-0.25, -0.2) is 0 Å². The maximum absolute atomic E-state index is 10.6. The Hall–Kier alpha value is -7.86. The van der Waals surface area contributed by atoms with E-state index in [0.29, 0.717) is 11.1 Å². The number of fused-ring (bicyclic) bond motifs is 9. The Kier molecular flexibility index (Phi) is 6.61. The summed E-state index contributed by atoms with van der Waals surface area (Å²) in [6.45, 7) is 0. The Bertz CT molecular complexity index is 3350. The molecule has 0 amide bonds. The van der Waals surface area contributed by atoms with E-state index in [2.05, 4.69) is 177 Å². The number of hydrogen-bond donors (Lipinski definition) is 0. The summed E-state index contributed by atoms with van der Waals surface area (Å²) in [5.41, 5.74) is 12.6. The molecule has 0 radical (unpaired) electrons. The Morgan fingerprint density at radius 3 is 1.35 bits per heavy atom. The van der Waals surface area contributed by atoms with Crippen LogP contribution in [0.5, 0.6) is 0 Å². The molecular formula is C50H29N5. The Morgan fingerprint density at radius 1 is 0.327 bits per heavy atom. The van der Waals surface area contributed by atoms with Crippen LogP contribution in [0.4, 0.5) is 0 Å². The smallest absolute Gasteiger partial charge is 0.0998 e. The molecule has 0 aliphatic rings. The van der Waals surface area contributed by atoms with E-state index in [1.807, 2.05) is 24.3 Å². The van der Waals surface area contributed by atoms with Gasteiger partial charge < -0.3 is 13.7 Å². The van der Waals surface area contributed by atoms with Gasteiger partial charge in [-0.15, -0.1) is 0 Å². The summed E-state index contributed by atoms with van der Waals surface area (Å²) in [5.74, 6) is 0. The summed E-state index contributed by atoms with van der Waals surface area (Å²) < 4.78 is 6.84. The minimum absolute atomic E-state index is 0.587. The quantitative estimate of drug-likeness (QED) is 0.184. The van der Waals surface area contributed by atoms with Crippen LogP contribution in [-0.4, -0.2) is 13.7 Å². The summed E-state index contributed by atoms with van der Waals surface area (Å²) in [7, 11) is 0. The molecule has 3 aromatic heterocycles. The Morgan fingerprint density at radius 2 is 0.782 bits per heavy atom. The van der Waals surface area contributed by atoms with E-state index < -0.39 is 0 Å². The number of nitriles is 2. The number of nitrogens with zero attached hydrogens (tertiary/aromatic N) is 5. The van der Waals surface area contributed by atoms with Gasteiger partial charge in [-0.1, -0.05) is 97.1 Å². The van der Waals surface area contributed by atoms with Crippen LogP contribution < -0.4 is 0 Å². The second-order valence-corrected chi connectivity index (χ2v) is 14.0. The molecule has 0 aliphatic heterocycles. The fraction of sp³-hybridized carbons (Fsp3) is 0. The first-order chi connectivity index (χ1) is 27.2. The Labute approximate surface area is 316 Å². The van der Waals surface area contributed by atoms with Gasteiger partial charge in [-0.2, -0.15) is 10.5 Å². The molecule has 0 saturated carbocycles. The van der Waals surface area contributed by atoms with Gasteiger partial charge in [0.05, 0.1) is 56.4 Å². The van der Waals surface area contributed by atoms with Crippen molar-refractivity contribution in [3.63, 3.8) is 0 Å². The van der Waals surface area contributed by atoms with Crippen LogP contribution in [0.15, 0.2) is 176 Å². The van der Waals surface area contributed by atoms with Crippen molar-refractivity contribution >= 4 is 65.4 Å². The largest absolute Gasteiger partial charge is 0.309 e. The first-order valence-electron chi connectivity index (χ1n) is 18.3. The average Bonchev–Trinajstić information content (AvgIpc) is 3.88. The molecule has 0 atom stereocenters. The molecule has 5 heteroatoms. The molecule has 3 heterocycles. The topological polar surface area (TPSA) is 62.4 Å². The lowest BCUT2D eigenvalue weighted by molar-refractivity contribution is 1.15. The first-order valence-corrected chi connectivity index (χ1v) is 18.3. The number of rotatable bonds is 4. The number of benzene rings is 8. The normalized spacial score (nSPS) is 11.6. The summed E-state index contributed by atoms with van der Waals surface area (Å²) in [4.78, 5) is 0. The third-order valence-electron chi connectivity index (χ3n) is 11.1. The molecule has 0 unspecified atom stereocenters. The molecule has 11 rings (SSSR count). The lowest BCUT2D eigenvalue weighted by Crippen LogP contribution is -1.98. The average molecular weight is 700 g/mol. The van der Waals surface area contributed by atoms with Crippen LogP contribution in [0.2, 0.25) is 0 Å². The van der Waals surface area contributed by atoms with Gasteiger partial charge in [0.15, 0.2) is 0 Å². The van der Waals surface area contributed by atoms with Crippen LogP contribution in [0.1, 0.15) is 11.1 Å². The molecule has 55 heavy (non-hydrogen) atoms. The minimum atomic E-state index is 0.587. The van der Waals surface area contributed by atoms with Crippen LogP contribution in [0.25, 0.3) is 93.6 Å². The summed E-state index contributed by atoms with van der Waals surface area (Å²) in [5, 5.41) is 27.3. The van der Waals surface area contributed by atoms with Crippen molar-refractivity contribution < 1.29 is 0 Å². The standard InChI is InChI=1S/C50H29N5/c51-30-32-17-26-49-44(27-32)43-25-23-37(54-47-15-7-3-11-41(47)42-12-4-8-16-48(42)54)29-50(43)55(49)36-22-24-38(34(28-36)31-52)33-18-20-35(21-19-33)53-45-13-5-1-9-39(45)40-10-2-6-14-46(40)53/h1-29H. The van der Waals surface area contributed by atoms with Crippen molar-refractivity contribution in [3.8, 4) is 40.3 Å². The van der Waals surface area contributed by atoms with Crippen LogP contribution in [0.3, 0.4) is 0 Å². The van der Waals surface area contributed by atoms with Crippen molar-refractivity contribution in [2.75, 3.05) is 0 Å². The molecular weight excluding hydrogens is 671 g/mol. The van der Waals surface area contributed by atoms with E-state index in [9.17, 15) is 10.5 Å². The molecule has 0 fully saturated rings. The van der Waals surface area contributed by atoms with E-state index in [1.165, 1.54) is 21.5 Å². The fourth-order valence-electron chi connectivity index (χ4n) is 8.70. The van der Waals surface area contributed by atoms with E-state index in [0.717, 1.165) is 72.1 Å². The molecule has 0 N–H and O–H groups in total. The van der Waals surface area contributed by atoms with Crippen molar-refractivity contribution in [2.45, 2.75) is 0 Å². The van der Waals surface area contributed by atoms with E-state index in [4.69, 9.17) is 0 Å². The monoisotopic (exact) mass is 699 g/mol. The maximum Gasteiger partial charge on any atom is 0.0998 e. The zero-order valence-electron chi connectivity index (χ0n) is 29.5. The van der Waals surface area contributed by atoms with E-state index in [1.54, 1.807) is 0 Å². The molecule has 0 bridgehead atoms. The van der Waals surface area contributed by atoms with Gasteiger partial charge in [0.2, 0.25) is 0 Å². The predicted molar refractivity (Wildman–Crippen MR) is 224 cm³/mol. The summed E-state index contributed by atoms with van der Waals surface area (Å²) in [6.07, 6.45) is 0. The second kappa shape index (κ2) is 11.8. The van der Waals surface area contributed by atoms with Gasteiger partial charge in [-0.3, -0.25) is 0 Å². The highest BCUT2D eigenvalue weighted by molar-refractivity contribution is 6.12. The Balaban J connectivity index is 1.07. The summed E-state index contributed by atoms with van der Waals surface area (Å²) >= 11 is 0. The van der Waals surface area contributed by atoms with Gasteiger partial charge in [0.25, 0.3) is 0 Å². The van der Waals surface area contributed by atoms with Gasteiger partial charge in [0.1, 0.15) is 0 Å². The third kappa shape index (κ3) is 4.51. The molecule has 0 saturated heterocycles. The van der Waals surface area contributed by atoms with Crippen LogP contribution in [-0.2, 0) is 0 Å². The van der Waals surface area contributed by atoms with Gasteiger partial charge in [0, 0.05) is 49.4 Å². The molecule has 11 aromatic rings. The first kappa shape index (κ1) is 30.7. The zero-order valence-corrected chi connectivity index (χ0v) is 29.5. The molecule has 8 aromatic carbocycles. The SMILES string of the molecule is N#Cc1ccc2c(c1)c1ccc(-n3c4ccccc4c4ccccc43)cc1n2-c1ccc(-c2ccc(-n3c4ccccc4c4ccccc43)cc2)c(C#N)c1. The summed E-state index contributed by atoms with van der Waals surface area (Å²) in [6, 6.07) is 65.9. The van der Waals surface area contributed by atoms with Crippen molar-refractivity contribution in [3.05, 3.63) is 187 Å². The van der Waals surface area contributed by atoms with Crippen molar-refractivity contribution in [1.29, 1.82) is 10.5 Å². The molecule has 5 nitrogen and oxygen atoms in total. The second-order valence-electron chi connectivity index (χ2n) is 14.0. The van der Waals surface area contributed by atoms with Gasteiger partial charge >= 0.3 is 0 Å². The fourth-order valence-corrected chi connectivity index (χ4v) is 8.70. The number of hydrogen-bond acceptors (Lipinski definition) is 2. The maximum atomic E-state index is 10.6. The molecule has 254 valence electrons. The minimum Gasteiger partial charge on any atom is -0.309 e. The van der Waals surface area contributed by atoms with Crippen molar-refractivity contribution in [2.24, 2.45) is 0 Å². The number of aromatic nitrogens is 3. The molecule has 0 aliphatic carbocycles. The highest BCUT2D eigenvalue weighted by Crippen LogP contribution is 2.39. The zero-order chi connectivity index (χ0) is 36.6. The molecule has 0 spiro atoms. The third-order valence-corrected chi connectivity index (χ3v) is 11.1. The lowest BCUT2D eigenvalue weighted by Gasteiger charge is -2.13. The van der Waals surface area contributed by atoms with E-state index >= 15 is 0 Å².